The maximum Gasteiger partial charge on any atom is 0.147 e. The van der Waals surface area contributed by atoms with Gasteiger partial charge in [-0.15, -0.1) is 0 Å². The molecule has 2 aliphatic rings. The van der Waals surface area contributed by atoms with E-state index >= 15 is 0 Å². The Morgan fingerprint density at radius 2 is 2.24 bits per heavy atom. The van der Waals surface area contributed by atoms with Gasteiger partial charge in [-0.25, -0.2) is 4.98 Å². The predicted molar refractivity (Wildman–Crippen MR) is 71.0 cm³/mol. The largest absolute Gasteiger partial charge is 0.355 e. The van der Waals surface area contributed by atoms with Crippen molar-refractivity contribution in [3.8, 4) is 0 Å². The van der Waals surface area contributed by atoms with E-state index < -0.39 is 0 Å². The van der Waals surface area contributed by atoms with Gasteiger partial charge in [-0.2, -0.15) is 0 Å². The molecule has 92 valence electrons. The van der Waals surface area contributed by atoms with E-state index in [4.69, 9.17) is 23.2 Å². The van der Waals surface area contributed by atoms with Crippen LogP contribution < -0.4 is 10.2 Å². The molecule has 1 aromatic rings. The Labute approximate surface area is 111 Å². The molecule has 0 radical (unpaired) electrons. The van der Waals surface area contributed by atoms with Crippen molar-refractivity contribution in [3.63, 3.8) is 0 Å². The Morgan fingerprint density at radius 1 is 1.35 bits per heavy atom. The normalized spacial score (nSPS) is 28.2. The van der Waals surface area contributed by atoms with Gasteiger partial charge < -0.3 is 10.2 Å². The summed E-state index contributed by atoms with van der Waals surface area (Å²) in [6.07, 6.45) is 4.15. The van der Waals surface area contributed by atoms with Gasteiger partial charge >= 0.3 is 0 Å². The zero-order valence-corrected chi connectivity index (χ0v) is 11.1. The van der Waals surface area contributed by atoms with Gasteiger partial charge in [-0.05, 0) is 25.5 Å². The number of nitrogens with zero attached hydrogens (tertiary/aromatic N) is 2. The highest BCUT2D eigenvalue weighted by Gasteiger charge is 2.41. The van der Waals surface area contributed by atoms with Gasteiger partial charge in [0.05, 0.1) is 10.0 Å². The van der Waals surface area contributed by atoms with E-state index in [1.165, 1.54) is 12.8 Å². The second kappa shape index (κ2) is 4.30. The molecular weight excluding hydrogens is 257 g/mol. The molecule has 3 nitrogen and oxygen atoms in total. The zero-order valence-electron chi connectivity index (χ0n) is 9.55. The molecule has 0 amide bonds. The van der Waals surface area contributed by atoms with Crippen LogP contribution in [0.2, 0.25) is 10.0 Å². The smallest absolute Gasteiger partial charge is 0.147 e. The second-order valence-corrected chi connectivity index (χ2v) is 5.90. The van der Waals surface area contributed by atoms with Crippen LogP contribution in [-0.2, 0) is 0 Å². The van der Waals surface area contributed by atoms with Gasteiger partial charge in [0.25, 0.3) is 0 Å². The number of pyridine rings is 1. The first kappa shape index (κ1) is 11.6. The highest BCUT2D eigenvalue weighted by Crippen LogP contribution is 2.39. The molecule has 2 aliphatic heterocycles. The first-order valence-electron chi connectivity index (χ1n) is 5.95. The average Bonchev–Trinajstić information content (AvgIpc) is 2.90. The molecule has 3 rings (SSSR count). The summed E-state index contributed by atoms with van der Waals surface area (Å²) in [5, 5.41) is 4.70. The fraction of sp³-hybridized carbons (Fsp3) is 0.583. The summed E-state index contributed by atoms with van der Waals surface area (Å²) >= 11 is 12.1. The van der Waals surface area contributed by atoms with Gasteiger partial charge in [0, 0.05) is 31.2 Å². The summed E-state index contributed by atoms with van der Waals surface area (Å²) in [7, 11) is 0. The van der Waals surface area contributed by atoms with Gasteiger partial charge in [0.2, 0.25) is 0 Å². The molecule has 1 atom stereocenters. The van der Waals surface area contributed by atoms with Crippen molar-refractivity contribution in [2.24, 2.45) is 5.41 Å². The SMILES string of the molecule is Clc1cnc(N2CCC3(CCNC3)C2)c(Cl)c1. The average molecular weight is 272 g/mol. The fourth-order valence-electron chi connectivity index (χ4n) is 2.90. The van der Waals surface area contributed by atoms with Gasteiger partial charge in [-0.3, -0.25) is 0 Å². The number of aromatic nitrogens is 1. The van der Waals surface area contributed by atoms with Gasteiger partial charge in [0.1, 0.15) is 5.82 Å². The third-order valence-electron chi connectivity index (χ3n) is 3.86. The van der Waals surface area contributed by atoms with Crippen LogP contribution in [0.4, 0.5) is 5.82 Å². The summed E-state index contributed by atoms with van der Waals surface area (Å²) in [6.45, 7) is 4.34. The van der Waals surface area contributed by atoms with E-state index in [-0.39, 0.29) is 0 Å². The Morgan fingerprint density at radius 3 is 2.94 bits per heavy atom. The standard InChI is InChI=1S/C12H15Cl2N3/c13-9-5-10(14)11(16-6-9)17-4-2-12(8-17)1-3-15-7-12/h5-6,15H,1-4,7-8H2. The molecular formula is C12H15Cl2N3. The van der Waals surface area contributed by atoms with E-state index in [1.807, 2.05) is 0 Å². The monoisotopic (exact) mass is 271 g/mol. The number of halogens is 2. The lowest BCUT2D eigenvalue weighted by Gasteiger charge is -2.23. The molecule has 2 saturated heterocycles. The van der Waals surface area contributed by atoms with E-state index in [1.54, 1.807) is 12.3 Å². The van der Waals surface area contributed by atoms with Crippen LogP contribution in [0.1, 0.15) is 12.8 Å². The van der Waals surface area contributed by atoms with Gasteiger partial charge in [0.15, 0.2) is 0 Å². The minimum absolute atomic E-state index is 0.435. The molecule has 2 fully saturated rings. The molecule has 1 N–H and O–H groups in total. The number of anilines is 1. The van der Waals surface area contributed by atoms with E-state index in [0.29, 0.717) is 15.5 Å². The topological polar surface area (TPSA) is 28.2 Å². The highest BCUT2D eigenvalue weighted by atomic mass is 35.5. The molecule has 0 bridgehead atoms. The minimum Gasteiger partial charge on any atom is -0.355 e. The van der Waals surface area contributed by atoms with E-state index in [0.717, 1.165) is 32.0 Å². The van der Waals surface area contributed by atoms with Crippen molar-refractivity contribution in [2.45, 2.75) is 12.8 Å². The lowest BCUT2D eigenvalue weighted by atomic mass is 9.87. The summed E-state index contributed by atoms with van der Waals surface area (Å²) in [5.74, 6) is 0.875. The number of nitrogens with one attached hydrogen (secondary N) is 1. The molecule has 1 unspecified atom stereocenters. The van der Waals surface area contributed by atoms with Crippen molar-refractivity contribution in [3.05, 3.63) is 22.3 Å². The summed E-state index contributed by atoms with van der Waals surface area (Å²) in [6, 6.07) is 1.77. The fourth-order valence-corrected chi connectivity index (χ4v) is 3.40. The lowest BCUT2D eigenvalue weighted by molar-refractivity contribution is 0.369. The van der Waals surface area contributed by atoms with Crippen LogP contribution in [-0.4, -0.2) is 31.2 Å². The van der Waals surface area contributed by atoms with Gasteiger partial charge in [-0.1, -0.05) is 23.2 Å². The zero-order chi connectivity index (χ0) is 11.9. The third kappa shape index (κ3) is 2.12. The summed E-state index contributed by atoms with van der Waals surface area (Å²) in [4.78, 5) is 6.64. The van der Waals surface area contributed by atoms with Crippen LogP contribution in [0.5, 0.6) is 0 Å². The van der Waals surface area contributed by atoms with E-state index in [2.05, 4.69) is 15.2 Å². The summed E-state index contributed by atoms with van der Waals surface area (Å²) in [5.41, 5.74) is 0.435. The van der Waals surface area contributed by atoms with Crippen LogP contribution in [0.3, 0.4) is 0 Å². The minimum atomic E-state index is 0.435. The molecule has 1 aromatic heterocycles. The van der Waals surface area contributed by atoms with Crippen molar-refractivity contribution in [2.75, 3.05) is 31.1 Å². The van der Waals surface area contributed by atoms with Crippen molar-refractivity contribution in [1.82, 2.24) is 10.3 Å². The Hall–Kier alpha value is -0.510. The summed E-state index contributed by atoms with van der Waals surface area (Å²) < 4.78 is 0. The molecule has 0 saturated carbocycles. The van der Waals surface area contributed by atoms with Crippen LogP contribution >= 0.6 is 23.2 Å². The van der Waals surface area contributed by atoms with Crippen molar-refractivity contribution >= 4 is 29.0 Å². The molecule has 3 heterocycles. The number of hydrogen-bond acceptors (Lipinski definition) is 3. The Balaban J connectivity index is 1.82. The molecule has 17 heavy (non-hydrogen) atoms. The maximum absolute atomic E-state index is 6.20. The van der Waals surface area contributed by atoms with Crippen molar-refractivity contribution < 1.29 is 0 Å². The van der Waals surface area contributed by atoms with Crippen LogP contribution in [0.15, 0.2) is 12.3 Å². The third-order valence-corrected chi connectivity index (χ3v) is 4.34. The highest BCUT2D eigenvalue weighted by molar-refractivity contribution is 6.36. The van der Waals surface area contributed by atoms with Crippen LogP contribution in [0, 0.1) is 5.41 Å². The quantitative estimate of drug-likeness (QED) is 0.851. The molecule has 5 heteroatoms. The van der Waals surface area contributed by atoms with Crippen LogP contribution in [0.25, 0.3) is 0 Å². The maximum atomic E-state index is 6.20. The van der Waals surface area contributed by atoms with Crippen molar-refractivity contribution in [1.29, 1.82) is 0 Å². The lowest BCUT2D eigenvalue weighted by Crippen LogP contribution is -2.29. The van der Waals surface area contributed by atoms with E-state index in [9.17, 15) is 0 Å². The predicted octanol–water partition coefficient (Wildman–Crippen LogP) is 2.58. The number of rotatable bonds is 1. The molecule has 0 aliphatic carbocycles. The Kier molecular flexibility index (Phi) is 2.93. The molecule has 0 aromatic carbocycles. The number of hydrogen-bond donors (Lipinski definition) is 1. The Bertz CT molecular complexity index is 430. The molecule has 1 spiro atoms. The first-order chi connectivity index (χ1) is 8.19. The first-order valence-corrected chi connectivity index (χ1v) is 6.71. The second-order valence-electron chi connectivity index (χ2n) is 5.06.